The number of fused-ring (bicyclic) bond motifs is 1. The van der Waals surface area contributed by atoms with E-state index < -0.39 is 5.82 Å². The molecular weight excluding hydrogens is 314 g/mol. The van der Waals surface area contributed by atoms with E-state index in [9.17, 15) is 9.18 Å². The van der Waals surface area contributed by atoms with Gasteiger partial charge in [0.05, 0.1) is 0 Å². The second-order valence-corrected chi connectivity index (χ2v) is 5.63. The van der Waals surface area contributed by atoms with Crippen molar-refractivity contribution in [3.05, 3.63) is 62.9 Å². The fraction of sp³-hybridized carbons (Fsp3) is 0.188. The topological polar surface area (TPSA) is 26.3 Å². The van der Waals surface area contributed by atoms with Crippen LogP contribution >= 0.6 is 23.2 Å². The minimum Gasteiger partial charge on any atom is -0.486 e. The summed E-state index contributed by atoms with van der Waals surface area (Å²) in [5, 5.41) is 0.943. The number of ketones is 1. The largest absolute Gasteiger partial charge is 0.486 e. The lowest BCUT2D eigenvalue weighted by Crippen LogP contribution is -2.02. The molecule has 0 N–H and O–H groups in total. The first kappa shape index (κ1) is 14.4. The van der Waals surface area contributed by atoms with Crippen molar-refractivity contribution < 1.29 is 13.9 Å². The van der Waals surface area contributed by atoms with Crippen LogP contribution in [0.2, 0.25) is 10.0 Å². The Morgan fingerprint density at radius 3 is 2.52 bits per heavy atom. The molecule has 0 saturated heterocycles. The molecule has 1 aliphatic rings. The van der Waals surface area contributed by atoms with Gasteiger partial charge in [0.25, 0.3) is 0 Å². The van der Waals surface area contributed by atoms with E-state index in [-0.39, 0.29) is 18.1 Å². The van der Waals surface area contributed by atoms with Crippen molar-refractivity contribution in [2.45, 2.75) is 19.4 Å². The van der Waals surface area contributed by atoms with Gasteiger partial charge in [-0.05, 0) is 30.7 Å². The van der Waals surface area contributed by atoms with Crippen LogP contribution in [-0.4, -0.2) is 5.78 Å². The summed E-state index contributed by atoms with van der Waals surface area (Å²) in [6.07, 6.45) is 0.774. The van der Waals surface area contributed by atoms with E-state index in [0.29, 0.717) is 39.6 Å². The molecule has 0 aromatic heterocycles. The van der Waals surface area contributed by atoms with Gasteiger partial charge in [0.1, 0.15) is 6.61 Å². The van der Waals surface area contributed by atoms with Crippen molar-refractivity contribution in [2.75, 3.05) is 0 Å². The molecule has 2 nitrogen and oxygen atoms in total. The molecule has 0 unspecified atom stereocenters. The minimum absolute atomic E-state index is 0.0235. The van der Waals surface area contributed by atoms with Crippen LogP contribution in [0.3, 0.4) is 0 Å². The summed E-state index contributed by atoms with van der Waals surface area (Å²) in [5.74, 6) is -0.384. The van der Waals surface area contributed by atoms with Crippen LogP contribution in [-0.2, 0) is 13.0 Å². The van der Waals surface area contributed by atoms with Crippen molar-refractivity contribution >= 4 is 29.0 Å². The van der Waals surface area contributed by atoms with E-state index in [1.807, 2.05) is 0 Å². The van der Waals surface area contributed by atoms with E-state index >= 15 is 0 Å². The number of halogens is 3. The first-order valence-electron chi connectivity index (χ1n) is 6.48. The second-order valence-electron chi connectivity index (χ2n) is 4.82. The molecule has 0 fully saturated rings. The summed E-state index contributed by atoms with van der Waals surface area (Å²) in [6, 6.07) is 8.21. The zero-order valence-electron chi connectivity index (χ0n) is 11.0. The molecule has 0 heterocycles. The monoisotopic (exact) mass is 324 g/mol. The molecule has 108 valence electrons. The highest BCUT2D eigenvalue weighted by Crippen LogP contribution is 2.32. The molecule has 5 heteroatoms. The van der Waals surface area contributed by atoms with Crippen molar-refractivity contribution in [3.63, 3.8) is 0 Å². The number of Topliss-reactive ketones (excluding diaryl/α,β-unsaturated/α-hetero) is 1. The van der Waals surface area contributed by atoms with Crippen LogP contribution < -0.4 is 4.74 Å². The quantitative estimate of drug-likeness (QED) is 0.807. The van der Waals surface area contributed by atoms with Gasteiger partial charge in [0.15, 0.2) is 17.3 Å². The molecular formula is C16H11Cl2FO2. The third kappa shape index (κ3) is 2.63. The van der Waals surface area contributed by atoms with Crippen molar-refractivity contribution in [2.24, 2.45) is 0 Å². The lowest BCUT2D eigenvalue weighted by Gasteiger charge is -2.11. The Hall–Kier alpha value is -1.58. The van der Waals surface area contributed by atoms with Crippen molar-refractivity contribution in [1.82, 2.24) is 0 Å². The van der Waals surface area contributed by atoms with Gasteiger partial charge in [-0.3, -0.25) is 4.79 Å². The zero-order valence-corrected chi connectivity index (χ0v) is 12.5. The lowest BCUT2D eigenvalue weighted by atomic mass is 10.1. The average molecular weight is 325 g/mol. The van der Waals surface area contributed by atoms with Gasteiger partial charge in [-0.25, -0.2) is 4.39 Å². The van der Waals surface area contributed by atoms with Crippen molar-refractivity contribution in [1.29, 1.82) is 0 Å². The Morgan fingerprint density at radius 1 is 1.10 bits per heavy atom. The van der Waals surface area contributed by atoms with Gasteiger partial charge in [-0.1, -0.05) is 29.3 Å². The summed E-state index contributed by atoms with van der Waals surface area (Å²) in [6.45, 7) is 0.0716. The molecule has 0 atom stereocenters. The maximum absolute atomic E-state index is 14.3. The summed E-state index contributed by atoms with van der Waals surface area (Å²) in [4.78, 5) is 11.6. The number of hydrogen-bond donors (Lipinski definition) is 0. The van der Waals surface area contributed by atoms with Gasteiger partial charge >= 0.3 is 0 Å². The molecule has 21 heavy (non-hydrogen) atoms. The SMILES string of the molecule is O=C1CCc2c1ccc(OCc1c(Cl)cccc1Cl)c2F. The normalized spacial score (nSPS) is 13.4. The number of hydrogen-bond acceptors (Lipinski definition) is 2. The van der Waals surface area contributed by atoms with Gasteiger partial charge in [0.2, 0.25) is 0 Å². The molecule has 2 aromatic rings. The highest BCUT2D eigenvalue weighted by Gasteiger charge is 2.25. The third-order valence-corrected chi connectivity index (χ3v) is 4.25. The van der Waals surface area contributed by atoms with E-state index in [2.05, 4.69) is 0 Å². The molecule has 0 spiro atoms. The summed E-state index contributed by atoms with van der Waals surface area (Å²) in [5.41, 5.74) is 1.50. The first-order chi connectivity index (χ1) is 10.1. The van der Waals surface area contributed by atoms with Crippen LogP contribution in [0.5, 0.6) is 5.75 Å². The molecule has 0 bridgehead atoms. The molecule has 0 radical (unpaired) electrons. The fourth-order valence-corrected chi connectivity index (χ4v) is 2.92. The minimum atomic E-state index is -0.471. The lowest BCUT2D eigenvalue weighted by molar-refractivity contribution is 0.0994. The first-order valence-corrected chi connectivity index (χ1v) is 7.24. The van der Waals surface area contributed by atoms with Gasteiger partial charge in [0, 0.05) is 33.2 Å². The van der Waals surface area contributed by atoms with E-state index in [1.54, 1.807) is 24.3 Å². The van der Waals surface area contributed by atoms with E-state index in [1.165, 1.54) is 6.07 Å². The maximum Gasteiger partial charge on any atom is 0.168 e. The van der Waals surface area contributed by atoms with Gasteiger partial charge in [-0.2, -0.15) is 0 Å². The number of carbonyl (C=O) groups excluding carboxylic acids is 1. The Kier molecular flexibility index (Phi) is 3.87. The summed E-state index contributed by atoms with van der Waals surface area (Å²) in [7, 11) is 0. The van der Waals surface area contributed by atoms with Gasteiger partial charge < -0.3 is 4.74 Å². The Labute approximate surface area is 131 Å². The zero-order chi connectivity index (χ0) is 15.0. The number of rotatable bonds is 3. The molecule has 1 aliphatic carbocycles. The van der Waals surface area contributed by atoms with Crippen LogP contribution in [0.15, 0.2) is 30.3 Å². The van der Waals surface area contributed by atoms with Crippen LogP contribution in [0.25, 0.3) is 0 Å². The molecule has 0 aliphatic heterocycles. The Morgan fingerprint density at radius 2 is 1.81 bits per heavy atom. The van der Waals surface area contributed by atoms with Crippen LogP contribution in [0.4, 0.5) is 4.39 Å². The molecule has 3 rings (SSSR count). The smallest absolute Gasteiger partial charge is 0.168 e. The number of carbonyl (C=O) groups is 1. The molecule has 2 aromatic carbocycles. The second kappa shape index (κ2) is 5.66. The standard InChI is InChI=1S/C16H11Cl2FO2/c17-12-2-1-3-13(18)11(12)8-21-15-7-5-9-10(16(15)19)4-6-14(9)20/h1-3,5,7H,4,6,8H2. The maximum atomic E-state index is 14.3. The summed E-state index contributed by atoms with van der Waals surface area (Å²) >= 11 is 12.1. The number of ether oxygens (including phenoxy) is 1. The molecule has 0 amide bonds. The fourth-order valence-electron chi connectivity index (χ4n) is 2.41. The van der Waals surface area contributed by atoms with Crippen LogP contribution in [0.1, 0.15) is 27.9 Å². The van der Waals surface area contributed by atoms with E-state index in [4.69, 9.17) is 27.9 Å². The summed E-state index contributed by atoms with van der Waals surface area (Å²) < 4.78 is 19.8. The predicted molar refractivity (Wildman–Crippen MR) is 79.8 cm³/mol. The highest BCUT2D eigenvalue weighted by molar-refractivity contribution is 6.35. The van der Waals surface area contributed by atoms with E-state index in [0.717, 1.165) is 0 Å². The van der Waals surface area contributed by atoms with Crippen molar-refractivity contribution in [3.8, 4) is 5.75 Å². The predicted octanol–water partition coefficient (Wildman–Crippen LogP) is 4.84. The average Bonchev–Trinajstić information content (AvgIpc) is 2.83. The molecule has 0 saturated carbocycles. The third-order valence-electron chi connectivity index (χ3n) is 3.54. The van der Waals surface area contributed by atoms with Crippen LogP contribution in [0, 0.1) is 5.82 Å². The Bertz CT molecular complexity index is 708. The number of benzene rings is 2. The Balaban J connectivity index is 1.85. The highest BCUT2D eigenvalue weighted by atomic mass is 35.5. The van der Waals surface area contributed by atoms with Gasteiger partial charge in [-0.15, -0.1) is 0 Å².